The van der Waals surface area contributed by atoms with Gasteiger partial charge in [-0.05, 0) is 42.5 Å². The predicted molar refractivity (Wildman–Crippen MR) is 72.6 cm³/mol. The molecule has 2 aromatic carbocycles. The molecule has 0 spiro atoms. The highest BCUT2D eigenvalue weighted by Gasteiger charge is 2.09. The molecule has 0 aliphatic carbocycles. The Bertz CT molecular complexity index is 749. The van der Waals surface area contributed by atoms with Crippen molar-refractivity contribution < 1.29 is 13.5 Å². The fourth-order valence-corrected chi connectivity index (χ4v) is 2.04. The summed E-state index contributed by atoms with van der Waals surface area (Å²) in [5, 5.41) is 0.726. The van der Waals surface area contributed by atoms with Crippen LogP contribution in [0.15, 0.2) is 46.9 Å². The Labute approximate surface area is 109 Å². The summed E-state index contributed by atoms with van der Waals surface area (Å²) in [6.07, 6.45) is 0. The first-order chi connectivity index (χ1) is 9.17. The van der Waals surface area contributed by atoms with Crippen molar-refractivity contribution in [3.63, 3.8) is 0 Å². The van der Waals surface area contributed by atoms with Gasteiger partial charge in [-0.25, -0.2) is 4.39 Å². The Kier molecular flexibility index (Phi) is 2.63. The van der Waals surface area contributed by atoms with Crippen molar-refractivity contribution in [1.82, 2.24) is 0 Å². The average molecular weight is 257 g/mol. The third-order valence-corrected chi connectivity index (χ3v) is 2.99. The van der Waals surface area contributed by atoms with E-state index < -0.39 is 0 Å². The van der Waals surface area contributed by atoms with Crippen molar-refractivity contribution in [3.8, 4) is 17.1 Å². The number of nitrogen functional groups attached to an aromatic ring is 1. The van der Waals surface area contributed by atoms with Crippen LogP contribution in [0.5, 0.6) is 5.75 Å². The van der Waals surface area contributed by atoms with Crippen LogP contribution < -0.4 is 10.5 Å². The lowest BCUT2D eigenvalue weighted by molar-refractivity contribution is 0.417. The monoisotopic (exact) mass is 257 g/mol. The molecule has 0 unspecified atom stereocenters. The van der Waals surface area contributed by atoms with E-state index in [1.165, 1.54) is 12.1 Å². The van der Waals surface area contributed by atoms with E-state index in [9.17, 15) is 4.39 Å². The number of anilines is 1. The highest BCUT2D eigenvalue weighted by molar-refractivity contribution is 5.83. The van der Waals surface area contributed by atoms with Crippen molar-refractivity contribution in [2.24, 2.45) is 0 Å². The van der Waals surface area contributed by atoms with Crippen LogP contribution in [0.1, 0.15) is 0 Å². The van der Waals surface area contributed by atoms with E-state index in [4.69, 9.17) is 14.9 Å². The van der Waals surface area contributed by atoms with Gasteiger partial charge in [0.2, 0.25) is 0 Å². The van der Waals surface area contributed by atoms with Crippen molar-refractivity contribution in [1.29, 1.82) is 0 Å². The van der Waals surface area contributed by atoms with Gasteiger partial charge in [-0.1, -0.05) is 0 Å². The Morgan fingerprint density at radius 3 is 2.68 bits per heavy atom. The first-order valence-electron chi connectivity index (χ1n) is 5.80. The normalized spacial score (nSPS) is 10.8. The number of fused-ring (bicyclic) bond motifs is 1. The molecule has 3 rings (SSSR count). The molecular weight excluding hydrogens is 245 g/mol. The van der Waals surface area contributed by atoms with E-state index in [1.54, 1.807) is 31.4 Å². The van der Waals surface area contributed by atoms with Crippen molar-refractivity contribution in [2.75, 3.05) is 12.8 Å². The van der Waals surface area contributed by atoms with Gasteiger partial charge in [-0.2, -0.15) is 0 Å². The first-order valence-corrected chi connectivity index (χ1v) is 5.80. The van der Waals surface area contributed by atoms with Gasteiger partial charge in [0.15, 0.2) is 0 Å². The van der Waals surface area contributed by atoms with E-state index in [-0.39, 0.29) is 5.82 Å². The second kappa shape index (κ2) is 4.31. The summed E-state index contributed by atoms with van der Waals surface area (Å²) >= 11 is 0. The smallest absolute Gasteiger partial charge is 0.141 e. The molecule has 0 radical (unpaired) electrons. The van der Waals surface area contributed by atoms with E-state index in [0.29, 0.717) is 22.8 Å². The molecular formula is C15H12FNO2. The molecule has 0 atom stereocenters. The summed E-state index contributed by atoms with van der Waals surface area (Å²) in [5.41, 5.74) is 7.87. The van der Waals surface area contributed by atoms with Crippen LogP contribution in [0.3, 0.4) is 0 Å². The Hall–Kier alpha value is -2.49. The zero-order valence-corrected chi connectivity index (χ0v) is 10.3. The van der Waals surface area contributed by atoms with Gasteiger partial charge >= 0.3 is 0 Å². The molecule has 3 aromatic rings. The van der Waals surface area contributed by atoms with Gasteiger partial charge in [-0.15, -0.1) is 0 Å². The molecule has 3 nitrogen and oxygen atoms in total. The van der Waals surface area contributed by atoms with Gasteiger partial charge < -0.3 is 14.9 Å². The third-order valence-electron chi connectivity index (χ3n) is 2.99. The zero-order valence-electron chi connectivity index (χ0n) is 10.3. The molecule has 0 aliphatic heterocycles. The van der Waals surface area contributed by atoms with Crippen LogP contribution in [-0.4, -0.2) is 7.11 Å². The highest BCUT2D eigenvalue weighted by atomic mass is 19.1. The number of hydrogen-bond acceptors (Lipinski definition) is 3. The van der Waals surface area contributed by atoms with Gasteiger partial charge in [0.1, 0.15) is 22.9 Å². The van der Waals surface area contributed by atoms with Crippen molar-refractivity contribution in [3.05, 3.63) is 48.3 Å². The standard InChI is InChI=1S/C15H12FNO2/c1-18-14-4-2-9(7-12(14)17)15-8-10-6-11(16)3-5-13(10)19-15/h2-8H,17H2,1H3. The number of halogens is 1. The predicted octanol–water partition coefficient (Wildman–Crippen LogP) is 3.83. The quantitative estimate of drug-likeness (QED) is 0.710. The molecule has 0 saturated heterocycles. The minimum atomic E-state index is -0.283. The van der Waals surface area contributed by atoms with Gasteiger partial charge in [0.05, 0.1) is 12.8 Å². The fourth-order valence-electron chi connectivity index (χ4n) is 2.04. The van der Waals surface area contributed by atoms with Gasteiger partial charge in [-0.3, -0.25) is 0 Å². The lowest BCUT2D eigenvalue weighted by atomic mass is 10.1. The summed E-state index contributed by atoms with van der Waals surface area (Å²) in [4.78, 5) is 0. The van der Waals surface area contributed by atoms with Crippen molar-refractivity contribution in [2.45, 2.75) is 0 Å². The van der Waals surface area contributed by atoms with Gasteiger partial charge in [0, 0.05) is 10.9 Å². The van der Waals surface area contributed by atoms with E-state index >= 15 is 0 Å². The molecule has 0 amide bonds. The summed E-state index contributed by atoms with van der Waals surface area (Å²) in [5.74, 6) is 0.981. The number of ether oxygens (including phenoxy) is 1. The Balaban J connectivity index is 2.11. The molecule has 4 heteroatoms. The fraction of sp³-hybridized carbons (Fsp3) is 0.0667. The maximum absolute atomic E-state index is 13.1. The zero-order chi connectivity index (χ0) is 13.4. The summed E-state index contributed by atoms with van der Waals surface area (Å²) < 4.78 is 23.9. The summed E-state index contributed by atoms with van der Waals surface area (Å²) in [6, 6.07) is 11.6. The van der Waals surface area contributed by atoms with E-state index in [2.05, 4.69) is 0 Å². The largest absolute Gasteiger partial charge is 0.495 e. The van der Waals surface area contributed by atoms with Crippen LogP contribution in [0.4, 0.5) is 10.1 Å². The molecule has 0 fully saturated rings. The first kappa shape index (κ1) is 11.6. The van der Waals surface area contributed by atoms with Crippen LogP contribution in [0, 0.1) is 5.82 Å². The lowest BCUT2D eigenvalue weighted by Crippen LogP contribution is -1.92. The maximum atomic E-state index is 13.1. The minimum Gasteiger partial charge on any atom is -0.495 e. The Morgan fingerprint density at radius 2 is 1.95 bits per heavy atom. The third kappa shape index (κ3) is 2.01. The average Bonchev–Trinajstić information content (AvgIpc) is 2.81. The number of nitrogens with two attached hydrogens (primary N) is 1. The molecule has 0 bridgehead atoms. The van der Waals surface area contributed by atoms with Crippen LogP contribution >= 0.6 is 0 Å². The van der Waals surface area contributed by atoms with Crippen molar-refractivity contribution >= 4 is 16.7 Å². The minimum absolute atomic E-state index is 0.283. The number of rotatable bonds is 2. The van der Waals surface area contributed by atoms with E-state index in [1.807, 2.05) is 6.07 Å². The molecule has 1 heterocycles. The van der Waals surface area contributed by atoms with Gasteiger partial charge in [0.25, 0.3) is 0 Å². The SMILES string of the molecule is COc1ccc(-c2cc3cc(F)ccc3o2)cc1N. The number of benzene rings is 2. The Morgan fingerprint density at radius 1 is 1.11 bits per heavy atom. The second-order valence-corrected chi connectivity index (χ2v) is 4.25. The molecule has 0 aliphatic rings. The topological polar surface area (TPSA) is 48.4 Å². The van der Waals surface area contributed by atoms with Crippen LogP contribution in [0.2, 0.25) is 0 Å². The molecule has 1 aromatic heterocycles. The molecule has 19 heavy (non-hydrogen) atoms. The van der Waals surface area contributed by atoms with Crippen LogP contribution in [0.25, 0.3) is 22.3 Å². The molecule has 0 saturated carbocycles. The lowest BCUT2D eigenvalue weighted by Gasteiger charge is -2.05. The van der Waals surface area contributed by atoms with E-state index in [0.717, 1.165) is 10.9 Å². The highest BCUT2D eigenvalue weighted by Crippen LogP contribution is 2.32. The number of furan rings is 1. The molecule has 96 valence electrons. The number of hydrogen-bond donors (Lipinski definition) is 1. The van der Waals surface area contributed by atoms with Crippen LogP contribution in [-0.2, 0) is 0 Å². The summed E-state index contributed by atoms with van der Waals surface area (Å²) in [6.45, 7) is 0. The maximum Gasteiger partial charge on any atom is 0.141 e. The number of methoxy groups -OCH3 is 1. The summed E-state index contributed by atoms with van der Waals surface area (Å²) in [7, 11) is 1.56. The molecule has 2 N–H and O–H groups in total. The second-order valence-electron chi connectivity index (χ2n) is 4.25.